The predicted octanol–water partition coefficient (Wildman–Crippen LogP) is 1.91. The van der Waals surface area contributed by atoms with E-state index in [4.69, 9.17) is 5.73 Å². The van der Waals surface area contributed by atoms with Crippen LogP contribution in [-0.4, -0.2) is 10.9 Å². The van der Waals surface area contributed by atoms with Crippen molar-refractivity contribution in [3.05, 3.63) is 35.7 Å². The molecule has 2 N–H and O–H groups in total. The van der Waals surface area contributed by atoms with E-state index < -0.39 is 17.8 Å². The topological polar surface area (TPSA) is 56.0 Å². The maximum atomic E-state index is 12.3. The Bertz CT molecular complexity index is 452. The van der Waals surface area contributed by atoms with E-state index >= 15 is 0 Å². The van der Waals surface area contributed by atoms with Crippen LogP contribution in [0, 0.1) is 6.92 Å². The van der Waals surface area contributed by atoms with Crippen LogP contribution < -0.4 is 5.73 Å². The SMILES string of the molecule is C=C(C(N)=O)c1ccc(C(F)(F)F)nc1C. The molecule has 0 saturated heterocycles. The number of amides is 1. The Labute approximate surface area is 89.8 Å². The summed E-state index contributed by atoms with van der Waals surface area (Å²) in [5, 5.41) is 0. The highest BCUT2D eigenvalue weighted by atomic mass is 19.4. The van der Waals surface area contributed by atoms with Gasteiger partial charge in [-0.1, -0.05) is 12.6 Å². The highest BCUT2D eigenvalue weighted by molar-refractivity contribution is 6.18. The molecule has 1 heterocycles. The zero-order chi connectivity index (χ0) is 12.5. The molecular formula is C10H9F3N2O. The van der Waals surface area contributed by atoms with Crippen molar-refractivity contribution in [2.24, 2.45) is 5.73 Å². The van der Waals surface area contributed by atoms with Crippen molar-refractivity contribution in [3.63, 3.8) is 0 Å². The zero-order valence-electron chi connectivity index (χ0n) is 8.43. The second-order valence-electron chi connectivity index (χ2n) is 3.17. The minimum atomic E-state index is -4.50. The number of nitrogens with zero attached hydrogens (tertiary/aromatic N) is 1. The van der Waals surface area contributed by atoms with Crippen molar-refractivity contribution >= 4 is 11.5 Å². The Morgan fingerprint density at radius 3 is 2.38 bits per heavy atom. The van der Waals surface area contributed by atoms with E-state index in [0.29, 0.717) is 0 Å². The average Bonchev–Trinajstić information content (AvgIpc) is 2.15. The molecule has 1 aromatic heterocycles. The first kappa shape index (κ1) is 12.2. The van der Waals surface area contributed by atoms with Gasteiger partial charge in [-0.2, -0.15) is 13.2 Å². The number of alkyl halides is 3. The molecule has 0 aromatic carbocycles. The Balaban J connectivity index is 3.20. The van der Waals surface area contributed by atoms with Crippen LogP contribution in [0.3, 0.4) is 0 Å². The first-order valence-electron chi connectivity index (χ1n) is 4.27. The van der Waals surface area contributed by atoms with Crippen molar-refractivity contribution in [3.8, 4) is 0 Å². The number of nitrogens with two attached hydrogens (primary N) is 1. The highest BCUT2D eigenvalue weighted by Gasteiger charge is 2.32. The van der Waals surface area contributed by atoms with Gasteiger partial charge >= 0.3 is 6.18 Å². The Morgan fingerprint density at radius 1 is 1.44 bits per heavy atom. The van der Waals surface area contributed by atoms with Gasteiger partial charge in [0.05, 0.1) is 0 Å². The summed E-state index contributed by atoms with van der Waals surface area (Å²) in [6, 6.07) is 1.93. The molecule has 1 aromatic rings. The Morgan fingerprint density at radius 2 is 2.00 bits per heavy atom. The number of carbonyl (C=O) groups is 1. The van der Waals surface area contributed by atoms with Crippen LogP contribution in [0.2, 0.25) is 0 Å². The minimum absolute atomic E-state index is 0.0567. The smallest absolute Gasteiger partial charge is 0.366 e. The zero-order valence-corrected chi connectivity index (χ0v) is 8.43. The van der Waals surface area contributed by atoms with Gasteiger partial charge in [0.1, 0.15) is 5.69 Å². The summed E-state index contributed by atoms with van der Waals surface area (Å²) in [7, 11) is 0. The van der Waals surface area contributed by atoms with E-state index in [0.717, 1.165) is 12.1 Å². The maximum absolute atomic E-state index is 12.3. The van der Waals surface area contributed by atoms with Crippen LogP contribution >= 0.6 is 0 Å². The molecular weight excluding hydrogens is 221 g/mol. The number of halogens is 3. The number of primary amides is 1. The van der Waals surface area contributed by atoms with Crippen molar-refractivity contribution in [1.29, 1.82) is 0 Å². The standard InChI is InChI=1S/C10H9F3N2O/c1-5(9(14)16)7-3-4-8(10(11,12)13)15-6(7)2/h3-4H,1H2,2H3,(H2,14,16). The number of hydrogen-bond donors (Lipinski definition) is 1. The largest absolute Gasteiger partial charge is 0.433 e. The van der Waals surface area contributed by atoms with Crippen LogP contribution in [0.5, 0.6) is 0 Å². The number of aryl methyl sites for hydroxylation is 1. The molecule has 6 heteroatoms. The van der Waals surface area contributed by atoms with E-state index in [1.54, 1.807) is 0 Å². The number of rotatable bonds is 2. The third kappa shape index (κ3) is 2.39. The predicted molar refractivity (Wildman–Crippen MR) is 52.2 cm³/mol. The fraction of sp³-hybridized carbons (Fsp3) is 0.200. The molecule has 1 rings (SSSR count). The molecule has 0 spiro atoms. The van der Waals surface area contributed by atoms with Gasteiger partial charge in [0.15, 0.2) is 0 Å². The molecule has 86 valence electrons. The van der Waals surface area contributed by atoms with Gasteiger partial charge in [0.2, 0.25) is 5.91 Å². The van der Waals surface area contributed by atoms with E-state index in [1.807, 2.05) is 0 Å². The second kappa shape index (κ2) is 3.96. The molecule has 0 saturated carbocycles. The average molecular weight is 230 g/mol. The molecule has 3 nitrogen and oxygen atoms in total. The summed E-state index contributed by atoms with van der Waals surface area (Å²) in [4.78, 5) is 14.2. The lowest BCUT2D eigenvalue weighted by atomic mass is 10.1. The van der Waals surface area contributed by atoms with Gasteiger partial charge in [-0.15, -0.1) is 0 Å². The lowest BCUT2D eigenvalue weighted by molar-refractivity contribution is -0.141. The summed E-state index contributed by atoms with van der Waals surface area (Å²) >= 11 is 0. The number of pyridine rings is 1. The molecule has 0 aliphatic rings. The molecule has 0 aliphatic carbocycles. The molecule has 0 unspecified atom stereocenters. The van der Waals surface area contributed by atoms with E-state index in [-0.39, 0.29) is 16.8 Å². The van der Waals surface area contributed by atoms with Gasteiger partial charge in [-0.05, 0) is 13.0 Å². The van der Waals surface area contributed by atoms with Crippen molar-refractivity contribution in [2.45, 2.75) is 13.1 Å². The van der Waals surface area contributed by atoms with Crippen LogP contribution in [0.15, 0.2) is 18.7 Å². The van der Waals surface area contributed by atoms with Crippen molar-refractivity contribution < 1.29 is 18.0 Å². The quantitative estimate of drug-likeness (QED) is 0.789. The lowest BCUT2D eigenvalue weighted by Crippen LogP contribution is -2.15. The Hall–Kier alpha value is -1.85. The molecule has 0 atom stereocenters. The van der Waals surface area contributed by atoms with Gasteiger partial charge in [-0.3, -0.25) is 4.79 Å². The van der Waals surface area contributed by atoms with Gasteiger partial charge in [0, 0.05) is 16.8 Å². The maximum Gasteiger partial charge on any atom is 0.433 e. The second-order valence-corrected chi connectivity index (χ2v) is 3.17. The highest BCUT2D eigenvalue weighted by Crippen LogP contribution is 2.29. The molecule has 0 aliphatic heterocycles. The van der Waals surface area contributed by atoms with Crippen molar-refractivity contribution in [1.82, 2.24) is 4.98 Å². The molecule has 0 fully saturated rings. The Kier molecular flexibility index (Phi) is 3.02. The first-order chi connectivity index (χ1) is 7.23. The van der Waals surface area contributed by atoms with Gasteiger partial charge < -0.3 is 5.73 Å². The number of hydrogen-bond acceptors (Lipinski definition) is 2. The first-order valence-corrected chi connectivity index (χ1v) is 4.27. The molecule has 0 radical (unpaired) electrons. The summed E-state index contributed by atoms with van der Waals surface area (Å²) < 4.78 is 36.8. The summed E-state index contributed by atoms with van der Waals surface area (Å²) in [5.41, 5.74) is 4.20. The van der Waals surface area contributed by atoms with E-state index in [1.165, 1.54) is 6.92 Å². The van der Waals surface area contributed by atoms with Crippen LogP contribution in [-0.2, 0) is 11.0 Å². The van der Waals surface area contributed by atoms with Gasteiger partial charge in [-0.25, -0.2) is 4.98 Å². The third-order valence-electron chi connectivity index (χ3n) is 2.00. The molecule has 16 heavy (non-hydrogen) atoms. The van der Waals surface area contributed by atoms with Crippen LogP contribution in [0.1, 0.15) is 17.0 Å². The van der Waals surface area contributed by atoms with Gasteiger partial charge in [0.25, 0.3) is 0 Å². The van der Waals surface area contributed by atoms with Crippen molar-refractivity contribution in [2.75, 3.05) is 0 Å². The number of carbonyl (C=O) groups excluding carboxylic acids is 1. The van der Waals surface area contributed by atoms with Crippen LogP contribution in [0.4, 0.5) is 13.2 Å². The van der Waals surface area contributed by atoms with E-state index in [2.05, 4.69) is 11.6 Å². The minimum Gasteiger partial charge on any atom is -0.366 e. The monoisotopic (exact) mass is 230 g/mol. The third-order valence-corrected chi connectivity index (χ3v) is 2.00. The summed E-state index contributed by atoms with van der Waals surface area (Å²) in [6.45, 7) is 4.74. The number of aromatic nitrogens is 1. The summed E-state index contributed by atoms with van der Waals surface area (Å²) in [6.07, 6.45) is -4.50. The summed E-state index contributed by atoms with van der Waals surface area (Å²) in [5.74, 6) is -0.787. The fourth-order valence-electron chi connectivity index (χ4n) is 1.17. The molecule has 0 bridgehead atoms. The lowest BCUT2D eigenvalue weighted by Gasteiger charge is -2.10. The van der Waals surface area contributed by atoms with E-state index in [9.17, 15) is 18.0 Å². The normalized spacial score (nSPS) is 11.2. The molecule has 1 amide bonds. The fourth-order valence-corrected chi connectivity index (χ4v) is 1.17. The van der Waals surface area contributed by atoms with Crippen LogP contribution in [0.25, 0.3) is 5.57 Å².